The van der Waals surface area contributed by atoms with Crippen LogP contribution in [-0.2, 0) is 15.2 Å². The van der Waals surface area contributed by atoms with E-state index in [9.17, 15) is 19.6 Å². The van der Waals surface area contributed by atoms with Crippen LogP contribution in [0.4, 0.5) is 4.39 Å². The van der Waals surface area contributed by atoms with Crippen molar-refractivity contribution in [3.05, 3.63) is 39.7 Å². The predicted molar refractivity (Wildman–Crippen MR) is 73.4 cm³/mol. The number of aliphatic hydroxyl groups is 1. The van der Waals surface area contributed by atoms with Crippen LogP contribution in [0.2, 0.25) is 0 Å². The van der Waals surface area contributed by atoms with E-state index >= 15 is 0 Å². The number of rotatable bonds is 5. The molecule has 0 aromatic heterocycles. The predicted octanol–water partition coefficient (Wildman–Crippen LogP) is 1.80. The topological polar surface area (TPSA) is 91.1 Å². The van der Waals surface area contributed by atoms with Crippen molar-refractivity contribution < 1.29 is 28.6 Å². The smallest absolute Gasteiger partial charge is 0.349 e. The summed E-state index contributed by atoms with van der Waals surface area (Å²) >= 11 is 0. The molecule has 1 unspecified atom stereocenters. The van der Waals surface area contributed by atoms with Crippen LogP contribution in [0.5, 0.6) is 5.75 Å². The van der Waals surface area contributed by atoms with Crippen molar-refractivity contribution in [1.29, 1.82) is 0 Å². The van der Waals surface area contributed by atoms with E-state index in [2.05, 4.69) is 0 Å². The molecule has 0 saturated carbocycles. The molecule has 0 bridgehead atoms. The zero-order chi connectivity index (χ0) is 16.5. The van der Waals surface area contributed by atoms with Gasteiger partial charge >= 0.3 is 5.72 Å². The molecule has 1 N–H and O–H groups in total. The van der Waals surface area contributed by atoms with E-state index in [0.717, 1.165) is 19.1 Å². The highest BCUT2D eigenvalue weighted by Crippen LogP contribution is 2.28. The van der Waals surface area contributed by atoms with Gasteiger partial charge in [-0.25, -0.2) is 4.39 Å². The lowest BCUT2D eigenvalue weighted by Gasteiger charge is -2.18. The van der Waals surface area contributed by atoms with Gasteiger partial charge in [-0.2, -0.15) is 0 Å². The molecule has 0 amide bonds. The summed E-state index contributed by atoms with van der Waals surface area (Å²) < 4.78 is 30.1. The van der Waals surface area contributed by atoms with Crippen molar-refractivity contribution in [2.45, 2.75) is 38.4 Å². The number of halogens is 1. The van der Waals surface area contributed by atoms with Crippen LogP contribution in [0.3, 0.4) is 0 Å². The Morgan fingerprint density at radius 1 is 1.59 bits per heavy atom. The Hall–Kier alpha value is -1.77. The third-order valence-electron chi connectivity index (χ3n) is 3.31. The standard InChI is InChI=1S/C14H18FNO6/c1-13(2)21-8-10(22-13)7-20-9-4-5-12(15)11(6-9)14(3,17)16(18)19/h4-6,10,17H,7-8H2,1-3H3/t10?,14-/m0/s1. The van der Waals surface area contributed by atoms with Gasteiger partial charge in [0.05, 0.1) is 17.1 Å². The monoisotopic (exact) mass is 315 g/mol. The van der Waals surface area contributed by atoms with E-state index in [0.29, 0.717) is 6.61 Å². The number of hydrogen-bond donors (Lipinski definition) is 1. The van der Waals surface area contributed by atoms with Crippen LogP contribution in [0.15, 0.2) is 18.2 Å². The molecule has 1 aliphatic rings. The molecule has 7 nitrogen and oxygen atoms in total. The summed E-state index contributed by atoms with van der Waals surface area (Å²) in [5.74, 6) is -1.36. The molecule has 122 valence electrons. The lowest BCUT2D eigenvalue weighted by Crippen LogP contribution is -2.32. The highest BCUT2D eigenvalue weighted by atomic mass is 19.1. The first-order valence-electron chi connectivity index (χ1n) is 6.73. The van der Waals surface area contributed by atoms with Gasteiger partial charge in [0.2, 0.25) is 0 Å². The lowest BCUT2D eigenvalue weighted by atomic mass is 10.0. The van der Waals surface area contributed by atoms with Crippen LogP contribution in [-0.4, -0.2) is 35.1 Å². The van der Waals surface area contributed by atoms with E-state index in [1.807, 2.05) is 0 Å². The summed E-state index contributed by atoms with van der Waals surface area (Å²) in [6, 6.07) is 3.45. The molecule has 2 atom stereocenters. The number of nitro groups is 1. The van der Waals surface area contributed by atoms with Crippen LogP contribution in [0.1, 0.15) is 26.3 Å². The maximum atomic E-state index is 13.7. The molecule has 1 saturated heterocycles. The van der Waals surface area contributed by atoms with Crippen molar-refractivity contribution >= 4 is 0 Å². The highest BCUT2D eigenvalue weighted by molar-refractivity contribution is 5.32. The SMILES string of the molecule is CC1(C)OCC(COc2ccc(F)c([C@](C)(O)[N+](=O)[O-])c2)O1. The average molecular weight is 315 g/mol. The number of nitrogens with zero attached hydrogens (tertiary/aromatic N) is 1. The maximum Gasteiger partial charge on any atom is 0.349 e. The average Bonchev–Trinajstić information content (AvgIpc) is 2.77. The summed E-state index contributed by atoms with van der Waals surface area (Å²) in [4.78, 5) is 9.87. The fourth-order valence-electron chi connectivity index (χ4n) is 2.09. The third-order valence-corrected chi connectivity index (χ3v) is 3.31. The Kier molecular flexibility index (Phi) is 4.37. The van der Waals surface area contributed by atoms with Crippen molar-refractivity contribution in [3.8, 4) is 5.75 Å². The molecular formula is C14H18FNO6. The van der Waals surface area contributed by atoms with E-state index in [4.69, 9.17) is 14.2 Å². The largest absolute Gasteiger partial charge is 0.491 e. The first-order chi connectivity index (χ1) is 10.1. The van der Waals surface area contributed by atoms with Gasteiger partial charge in [0.25, 0.3) is 0 Å². The summed E-state index contributed by atoms with van der Waals surface area (Å²) in [5.41, 5.74) is -2.99. The number of benzene rings is 1. The fourth-order valence-corrected chi connectivity index (χ4v) is 2.09. The fraction of sp³-hybridized carbons (Fsp3) is 0.571. The lowest BCUT2D eigenvalue weighted by molar-refractivity contribution is -0.631. The van der Waals surface area contributed by atoms with Gasteiger partial charge in [0.1, 0.15) is 24.3 Å². The molecule has 8 heteroatoms. The highest BCUT2D eigenvalue weighted by Gasteiger charge is 2.39. The Balaban J connectivity index is 2.09. The first kappa shape index (κ1) is 16.6. The Labute approximate surface area is 126 Å². The molecule has 2 rings (SSSR count). The molecule has 1 heterocycles. The van der Waals surface area contributed by atoms with E-state index < -0.39 is 27.8 Å². The van der Waals surface area contributed by atoms with Crippen molar-refractivity contribution in [1.82, 2.24) is 0 Å². The van der Waals surface area contributed by atoms with Crippen molar-refractivity contribution in [2.24, 2.45) is 0 Å². The van der Waals surface area contributed by atoms with Crippen LogP contribution < -0.4 is 4.74 Å². The van der Waals surface area contributed by atoms with Crippen LogP contribution in [0.25, 0.3) is 0 Å². The summed E-state index contributed by atoms with van der Waals surface area (Å²) in [6.45, 7) is 4.96. The first-order valence-corrected chi connectivity index (χ1v) is 6.73. The molecule has 0 aliphatic carbocycles. The molecular weight excluding hydrogens is 297 g/mol. The Bertz CT molecular complexity index is 574. The number of hydrogen-bond acceptors (Lipinski definition) is 6. The minimum absolute atomic E-state index is 0.148. The summed E-state index contributed by atoms with van der Waals surface area (Å²) in [5, 5.41) is 20.6. The molecule has 22 heavy (non-hydrogen) atoms. The quantitative estimate of drug-likeness (QED) is 0.506. The van der Waals surface area contributed by atoms with Crippen LogP contribution >= 0.6 is 0 Å². The maximum absolute atomic E-state index is 13.7. The second kappa shape index (κ2) is 5.79. The molecule has 0 radical (unpaired) electrons. The molecule has 1 aliphatic heterocycles. The normalized spacial score (nSPS) is 23.0. The van der Waals surface area contributed by atoms with E-state index in [1.54, 1.807) is 13.8 Å². The number of ether oxygens (including phenoxy) is 3. The molecule has 1 aromatic carbocycles. The van der Waals surface area contributed by atoms with E-state index in [-0.39, 0.29) is 18.5 Å². The van der Waals surface area contributed by atoms with E-state index in [1.165, 1.54) is 6.07 Å². The van der Waals surface area contributed by atoms with Crippen molar-refractivity contribution in [2.75, 3.05) is 13.2 Å². The van der Waals surface area contributed by atoms with Crippen LogP contribution in [0, 0.1) is 15.9 Å². The van der Waals surface area contributed by atoms with Gasteiger partial charge in [0, 0.05) is 6.92 Å². The molecule has 1 aromatic rings. The second-order valence-electron chi connectivity index (χ2n) is 5.68. The zero-order valence-corrected chi connectivity index (χ0v) is 12.5. The van der Waals surface area contributed by atoms with Gasteiger partial charge in [-0.15, -0.1) is 0 Å². The van der Waals surface area contributed by atoms with Gasteiger partial charge in [-0.1, -0.05) is 0 Å². The van der Waals surface area contributed by atoms with Crippen molar-refractivity contribution in [3.63, 3.8) is 0 Å². The molecule has 1 fully saturated rings. The molecule has 0 spiro atoms. The minimum atomic E-state index is -2.53. The van der Waals surface area contributed by atoms with Gasteiger partial charge < -0.3 is 19.3 Å². The zero-order valence-electron chi connectivity index (χ0n) is 12.5. The summed E-state index contributed by atoms with van der Waals surface area (Å²) in [6.07, 6.45) is -0.292. The Morgan fingerprint density at radius 3 is 2.82 bits per heavy atom. The van der Waals surface area contributed by atoms with Gasteiger partial charge in [0.15, 0.2) is 5.79 Å². The van der Waals surface area contributed by atoms with Gasteiger partial charge in [-0.05, 0) is 32.0 Å². The summed E-state index contributed by atoms with van der Waals surface area (Å²) in [7, 11) is 0. The third kappa shape index (κ3) is 3.52. The second-order valence-corrected chi connectivity index (χ2v) is 5.68. The Morgan fingerprint density at radius 2 is 2.27 bits per heavy atom. The minimum Gasteiger partial charge on any atom is -0.491 e. The van der Waals surface area contributed by atoms with Gasteiger partial charge in [-0.3, -0.25) is 10.1 Å².